The van der Waals surface area contributed by atoms with Crippen molar-refractivity contribution in [3.05, 3.63) is 30.4 Å². The van der Waals surface area contributed by atoms with Gasteiger partial charge in [0.1, 0.15) is 0 Å². The Morgan fingerprint density at radius 3 is 2.74 bits per heavy atom. The smallest absolute Gasteiger partial charge is 0.0731 e. The van der Waals surface area contributed by atoms with Gasteiger partial charge in [0, 0.05) is 31.6 Å². The minimum absolute atomic E-state index is 0.209. The molecule has 0 aliphatic heterocycles. The van der Waals surface area contributed by atoms with Crippen LogP contribution < -0.4 is 5.32 Å². The van der Waals surface area contributed by atoms with Crippen molar-refractivity contribution in [2.24, 2.45) is 0 Å². The molecule has 0 aromatic carbocycles. The summed E-state index contributed by atoms with van der Waals surface area (Å²) in [7, 11) is 1.69. The number of nitrogens with one attached hydrogen (secondary N) is 1. The average Bonchev–Trinajstić information content (AvgIpc) is 3.05. The van der Waals surface area contributed by atoms with Crippen molar-refractivity contribution >= 4 is 5.69 Å². The first-order valence-electron chi connectivity index (χ1n) is 6.53. The van der Waals surface area contributed by atoms with E-state index in [4.69, 9.17) is 4.74 Å². The lowest BCUT2D eigenvalue weighted by Crippen LogP contribution is -2.06. The molecule has 19 heavy (non-hydrogen) atoms. The van der Waals surface area contributed by atoms with Crippen LogP contribution in [-0.2, 0) is 17.8 Å². The zero-order valence-electron chi connectivity index (χ0n) is 11.7. The van der Waals surface area contributed by atoms with Gasteiger partial charge in [0.25, 0.3) is 0 Å². The van der Waals surface area contributed by atoms with Gasteiger partial charge in [-0.15, -0.1) is 0 Å². The van der Waals surface area contributed by atoms with Crippen molar-refractivity contribution in [2.45, 2.75) is 33.0 Å². The van der Waals surface area contributed by atoms with Gasteiger partial charge in [0.2, 0.25) is 0 Å². The Hall–Kier alpha value is -1.82. The summed E-state index contributed by atoms with van der Waals surface area (Å²) in [5, 5.41) is 12.0. The summed E-state index contributed by atoms with van der Waals surface area (Å²) >= 11 is 0. The van der Waals surface area contributed by atoms with Crippen molar-refractivity contribution in [1.29, 1.82) is 0 Å². The molecule has 0 bridgehead atoms. The van der Waals surface area contributed by atoms with Crippen molar-refractivity contribution in [1.82, 2.24) is 19.6 Å². The molecular weight excluding hydrogens is 242 g/mol. The topological polar surface area (TPSA) is 56.9 Å². The lowest BCUT2D eigenvalue weighted by atomic mass is 10.2. The zero-order valence-corrected chi connectivity index (χ0v) is 11.7. The highest BCUT2D eigenvalue weighted by Crippen LogP contribution is 2.18. The van der Waals surface area contributed by atoms with Crippen molar-refractivity contribution in [3.8, 4) is 0 Å². The first kappa shape index (κ1) is 13.6. The monoisotopic (exact) mass is 263 g/mol. The van der Waals surface area contributed by atoms with E-state index in [-0.39, 0.29) is 6.04 Å². The molecule has 2 rings (SSSR count). The second kappa shape index (κ2) is 6.38. The molecule has 0 radical (unpaired) electrons. The molecule has 0 amide bonds. The third kappa shape index (κ3) is 3.57. The molecule has 0 aliphatic rings. The second-order valence-electron chi connectivity index (χ2n) is 4.48. The van der Waals surface area contributed by atoms with Crippen LogP contribution in [0.15, 0.2) is 24.8 Å². The highest BCUT2D eigenvalue weighted by molar-refractivity contribution is 5.40. The Bertz CT molecular complexity index is 505. The van der Waals surface area contributed by atoms with E-state index < -0.39 is 0 Å². The highest BCUT2D eigenvalue weighted by atomic mass is 16.5. The number of ether oxygens (including phenoxy) is 1. The fourth-order valence-electron chi connectivity index (χ4n) is 1.85. The summed E-state index contributed by atoms with van der Waals surface area (Å²) in [4.78, 5) is 0. The summed E-state index contributed by atoms with van der Waals surface area (Å²) in [5.74, 6) is 0. The standard InChI is InChI=1S/C13H21N5O/c1-4-17-9-12(7-14-17)11(2)16-13-8-15-18(10-13)5-6-19-3/h7-11,16H,4-6H2,1-3H3. The van der Waals surface area contributed by atoms with Gasteiger partial charge in [-0.05, 0) is 13.8 Å². The van der Waals surface area contributed by atoms with Crippen LogP contribution in [-0.4, -0.2) is 33.3 Å². The quantitative estimate of drug-likeness (QED) is 0.829. The predicted octanol–water partition coefficient (Wildman–Crippen LogP) is 1.92. The van der Waals surface area contributed by atoms with E-state index in [0.29, 0.717) is 6.61 Å². The van der Waals surface area contributed by atoms with Crippen LogP contribution in [0, 0.1) is 0 Å². The Balaban J connectivity index is 1.94. The number of anilines is 1. The van der Waals surface area contributed by atoms with E-state index in [0.717, 1.165) is 18.8 Å². The average molecular weight is 263 g/mol. The molecule has 0 fully saturated rings. The van der Waals surface area contributed by atoms with Gasteiger partial charge in [-0.1, -0.05) is 0 Å². The van der Waals surface area contributed by atoms with Gasteiger partial charge in [-0.2, -0.15) is 10.2 Å². The molecule has 6 nitrogen and oxygen atoms in total. The predicted molar refractivity (Wildman–Crippen MR) is 74.0 cm³/mol. The third-order valence-electron chi connectivity index (χ3n) is 3.02. The number of aromatic nitrogens is 4. The van der Waals surface area contributed by atoms with Crippen LogP contribution in [0.25, 0.3) is 0 Å². The Labute approximate surface area is 113 Å². The van der Waals surface area contributed by atoms with Gasteiger partial charge in [-0.25, -0.2) is 0 Å². The molecule has 1 N–H and O–H groups in total. The zero-order chi connectivity index (χ0) is 13.7. The van der Waals surface area contributed by atoms with E-state index in [1.54, 1.807) is 7.11 Å². The number of nitrogens with zero attached hydrogens (tertiary/aromatic N) is 4. The van der Waals surface area contributed by atoms with Gasteiger partial charge in [0.05, 0.1) is 37.3 Å². The van der Waals surface area contributed by atoms with E-state index in [2.05, 4.69) is 35.6 Å². The van der Waals surface area contributed by atoms with Crippen molar-refractivity contribution in [3.63, 3.8) is 0 Å². The third-order valence-corrected chi connectivity index (χ3v) is 3.02. The van der Waals surface area contributed by atoms with Crippen LogP contribution in [0.2, 0.25) is 0 Å². The summed E-state index contributed by atoms with van der Waals surface area (Å²) in [6.45, 7) is 6.51. The Kier molecular flexibility index (Phi) is 4.57. The van der Waals surface area contributed by atoms with Gasteiger partial charge in [0.15, 0.2) is 0 Å². The van der Waals surface area contributed by atoms with Gasteiger partial charge in [-0.3, -0.25) is 9.36 Å². The van der Waals surface area contributed by atoms with Crippen LogP contribution in [0.5, 0.6) is 0 Å². The number of methoxy groups -OCH3 is 1. The maximum Gasteiger partial charge on any atom is 0.0731 e. The van der Waals surface area contributed by atoms with E-state index in [1.807, 2.05) is 28.0 Å². The number of hydrogen-bond donors (Lipinski definition) is 1. The lowest BCUT2D eigenvalue weighted by Gasteiger charge is -2.11. The SMILES string of the molecule is CCn1cc(C(C)Nc2cnn(CCOC)c2)cn1. The molecular formula is C13H21N5O. The maximum atomic E-state index is 5.03. The number of hydrogen-bond acceptors (Lipinski definition) is 4. The molecule has 6 heteroatoms. The highest BCUT2D eigenvalue weighted by Gasteiger charge is 2.08. The van der Waals surface area contributed by atoms with Crippen LogP contribution >= 0.6 is 0 Å². The molecule has 1 unspecified atom stereocenters. The van der Waals surface area contributed by atoms with Gasteiger partial charge >= 0.3 is 0 Å². The Morgan fingerprint density at radius 2 is 2.05 bits per heavy atom. The number of rotatable bonds is 7. The minimum atomic E-state index is 0.209. The minimum Gasteiger partial charge on any atom is -0.383 e. The normalized spacial score (nSPS) is 12.6. The van der Waals surface area contributed by atoms with E-state index in [1.165, 1.54) is 5.56 Å². The lowest BCUT2D eigenvalue weighted by molar-refractivity contribution is 0.183. The molecule has 2 heterocycles. The molecule has 2 aromatic heterocycles. The fraction of sp³-hybridized carbons (Fsp3) is 0.538. The van der Waals surface area contributed by atoms with Crippen molar-refractivity contribution < 1.29 is 4.74 Å². The number of aryl methyl sites for hydroxylation is 1. The molecule has 0 aliphatic carbocycles. The molecule has 0 saturated carbocycles. The van der Waals surface area contributed by atoms with E-state index in [9.17, 15) is 0 Å². The molecule has 104 valence electrons. The largest absolute Gasteiger partial charge is 0.383 e. The summed E-state index contributed by atoms with van der Waals surface area (Å²) in [6, 6.07) is 0.209. The van der Waals surface area contributed by atoms with Crippen molar-refractivity contribution in [2.75, 3.05) is 19.0 Å². The maximum absolute atomic E-state index is 5.03. The summed E-state index contributed by atoms with van der Waals surface area (Å²) < 4.78 is 8.82. The molecule has 2 aromatic rings. The fourth-order valence-corrected chi connectivity index (χ4v) is 1.85. The summed E-state index contributed by atoms with van der Waals surface area (Å²) in [5.41, 5.74) is 2.18. The molecule has 0 spiro atoms. The first-order chi connectivity index (χ1) is 9.22. The van der Waals surface area contributed by atoms with Crippen LogP contribution in [0.4, 0.5) is 5.69 Å². The molecule has 0 saturated heterocycles. The first-order valence-corrected chi connectivity index (χ1v) is 6.53. The second-order valence-corrected chi connectivity index (χ2v) is 4.48. The summed E-state index contributed by atoms with van der Waals surface area (Å²) in [6.07, 6.45) is 7.78. The van der Waals surface area contributed by atoms with Gasteiger partial charge < -0.3 is 10.1 Å². The van der Waals surface area contributed by atoms with E-state index >= 15 is 0 Å². The molecule has 1 atom stereocenters. The van der Waals surface area contributed by atoms with Crippen LogP contribution in [0.1, 0.15) is 25.5 Å². The van der Waals surface area contributed by atoms with Crippen LogP contribution in [0.3, 0.4) is 0 Å². The Morgan fingerprint density at radius 1 is 1.26 bits per heavy atom.